The molecule has 17 atom stereocenters. The van der Waals surface area contributed by atoms with Crippen LogP contribution in [-0.4, -0.2) is 193 Å². The predicted molar refractivity (Wildman–Crippen MR) is 342 cm³/mol. The van der Waals surface area contributed by atoms with Crippen molar-refractivity contribution in [1.29, 1.82) is 0 Å². The number of hydrogen-bond donors (Lipinski definition) is 12. The lowest BCUT2D eigenvalue weighted by Gasteiger charge is -2.48. The molecule has 3 saturated heterocycles. The summed E-state index contributed by atoms with van der Waals surface area (Å²) in [6.45, 7) is 1.80. The smallest absolute Gasteiger partial charge is 0.220 e. The number of ether oxygens (including phenoxy) is 6. The molecule has 19 nitrogen and oxygen atoms in total. The first-order valence-electron chi connectivity index (χ1n) is 35.9. The third-order valence-corrected chi connectivity index (χ3v) is 18.3. The highest BCUT2D eigenvalue weighted by Crippen LogP contribution is 2.33. The van der Waals surface area contributed by atoms with Crippen molar-refractivity contribution in [2.24, 2.45) is 0 Å². The summed E-state index contributed by atoms with van der Waals surface area (Å²) in [6.07, 6.45) is 30.5. The van der Waals surface area contributed by atoms with Gasteiger partial charge in [0.15, 0.2) is 18.9 Å². The summed E-state index contributed by atoms with van der Waals surface area (Å²) in [6, 6.07) is -0.881. The van der Waals surface area contributed by atoms with Gasteiger partial charge in [-0.2, -0.15) is 0 Å². The lowest BCUT2D eigenvalue weighted by molar-refractivity contribution is -0.379. The topological polar surface area (TPSA) is 307 Å². The van der Waals surface area contributed by atoms with Gasteiger partial charge in [0.2, 0.25) is 5.91 Å². The van der Waals surface area contributed by atoms with Gasteiger partial charge in [0.1, 0.15) is 73.2 Å². The average molecular weight is 1260 g/mol. The zero-order valence-electron chi connectivity index (χ0n) is 55.0. The highest BCUT2D eigenvalue weighted by molar-refractivity contribution is 5.76. The molecular formula is C69H131NO18. The molecular weight excluding hydrogens is 1130 g/mol. The lowest BCUT2D eigenvalue weighted by Crippen LogP contribution is -2.66. The Bertz CT molecular complexity index is 1650. The standard InChI is InChI=1S/C69H131NO18/c1-3-5-7-9-11-13-15-16-17-18-19-20-21-22-23-24-25-26-27-28-29-30-31-32-33-34-35-36-37-39-41-43-45-47-57(75)70-52(53(74)46-44-42-40-38-14-12-10-8-6-4-2)51-83-67-63(81)60(78)65(55(49-72)85-67)88-69-64(82)61(79)66(56(50-73)86-69)87-68-62(80)59(77)58(76)54(48-71)84-68/h18-19,52-56,58-69,71-74,76-82H,3-17,20-51H2,1-2H3,(H,70,75)/b19-18-. The maximum atomic E-state index is 13.4. The fourth-order valence-corrected chi connectivity index (χ4v) is 12.5. The van der Waals surface area contributed by atoms with E-state index in [0.29, 0.717) is 12.8 Å². The first-order chi connectivity index (χ1) is 42.8. The van der Waals surface area contributed by atoms with E-state index in [1.807, 2.05) is 0 Å². The molecule has 0 bridgehead atoms. The molecule has 0 aliphatic carbocycles. The Balaban J connectivity index is 1.31. The Morgan fingerprint density at radius 3 is 1.10 bits per heavy atom. The van der Waals surface area contributed by atoms with E-state index in [4.69, 9.17) is 28.4 Å². The van der Waals surface area contributed by atoms with E-state index in [1.165, 1.54) is 212 Å². The quantitative estimate of drug-likeness (QED) is 0.0199. The molecule has 520 valence electrons. The van der Waals surface area contributed by atoms with Crippen LogP contribution in [-0.2, 0) is 33.2 Å². The SMILES string of the molecule is CCCCCCCCCC/C=C\CCCCCCCCCCCCCCCCCCCCCCCC(=O)NC(COC1OC(CO)C(OC2OC(CO)C(OC3OC(CO)C(O)C(O)C3O)C(O)C2O)C(O)C1O)C(O)CCCCCCCCCCCC. The largest absolute Gasteiger partial charge is 0.394 e. The molecule has 12 N–H and O–H groups in total. The molecule has 3 rings (SSSR count). The number of hydrogen-bond acceptors (Lipinski definition) is 18. The number of nitrogens with one attached hydrogen (secondary N) is 1. The molecule has 0 aromatic rings. The van der Waals surface area contributed by atoms with Crippen molar-refractivity contribution in [3.63, 3.8) is 0 Å². The van der Waals surface area contributed by atoms with Crippen molar-refractivity contribution in [3.8, 4) is 0 Å². The molecule has 0 aromatic heterocycles. The molecule has 0 aromatic carbocycles. The third-order valence-electron chi connectivity index (χ3n) is 18.3. The van der Waals surface area contributed by atoms with Crippen LogP contribution in [0, 0.1) is 0 Å². The van der Waals surface area contributed by atoms with Crippen molar-refractivity contribution < 1.29 is 89.4 Å². The van der Waals surface area contributed by atoms with Gasteiger partial charge in [0.25, 0.3) is 0 Å². The van der Waals surface area contributed by atoms with Gasteiger partial charge in [-0.3, -0.25) is 4.79 Å². The van der Waals surface area contributed by atoms with Crippen LogP contribution in [0.5, 0.6) is 0 Å². The number of carbonyl (C=O) groups excluding carboxylic acids is 1. The first-order valence-corrected chi connectivity index (χ1v) is 35.9. The van der Waals surface area contributed by atoms with E-state index in [9.17, 15) is 61.0 Å². The molecule has 17 unspecified atom stereocenters. The van der Waals surface area contributed by atoms with E-state index in [0.717, 1.165) is 44.9 Å². The minimum absolute atomic E-state index is 0.239. The molecule has 19 heteroatoms. The summed E-state index contributed by atoms with van der Waals surface area (Å²) in [5.74, 6) is -0.239. The number of allylic oxidation sites excluding steroid dienone is 2. The molecule has 3 aliphatic rings. The van der Waals surface area contributed by atoms with Crippen molar-refractivity contribution >= 4 is 5.91 Å². The van der Waals surface area contributed by atoms with Gasteiger partial charge < -0.3 is 89.9 Å². The van der Waals surface area contributed by atoms with Crippen molar-refractivity contribution in [2.45, 2.75) is 394 Å². The summed E-state index contributed by atoms with van der Waals surface area (Å²) < 4.78 is 34.3. The van der Waals surface area contributed by atoms with Crippen molar-refractivity contribution in [3.05, 3.63) is 12.2 Å². The Hall–Kier alpha value is -1.47. The van der Waals surface area contributed by atoms with Crippen LogP contribution >= 0.6 is 0 Å². The molecule has 0 saturated carbocycles. The fraction of sp³-hybridized carbons (Fsp3) is 0.957. The molecule has 3 aliphatic heterocycles. The summed E-state index contributed by atoms with van der Waals surface area (Å²) >= 11 is 0. The van der Waals surface area contributed by atoms with Crippen LogP contribution < -0.4 is 5.32 Å². The number of carbonyl (C=O) groups is 1. The monoisotopic (exact) mass is 1260 g/mol. The average Bonchev–Trinajstić information content (AvgIpc) is 1.83. The summed E-state index contributed by atoms with van der Waals surface area (Å²) in [7, 11) is 0. The number of unbranched alkanes of at least 4 members (excludes halogenated alkanes) is 38. The van der Waals surface area contributed by atoms with E-state index < -0.39 is 124 Å². The molecule has 0 radical (unpaired) electrons. The van der Waals surface area contributed by atoms with Gasteiger partial charge in [-0.25, -0.2) is 0 Å². The van der Waals surface area contributed by atoms with Gasteiger partial charge in [0, 0.05) is 6.42 Å². The summed E-state index contributed by atoms with van der Waals surface area (Å²) in [4.78, 5) is 13.4. The van der Waals surface area contributed by atoms with E-state index in [2.05, 4.69) is 31.3 Å². The Labute approximate surface area is 531 Å². The van der Waals surface area contributed by atoms with Crippen LogP contribution in [0.2, 0.25) is 0 Å². The maximum absolute atomic E-state index is 13.4. The van der Waals surface area contributed by atoms with Crippen molar-refractivity contribution in [2.75, 3.05) is 26.4 Å². The zero-order valence-corrected chi connectivity index (χ0v) is 55.0. The minimum Gasteiger partial charge on any atom is -0.394 e. The molecule has 88 heavy (non-hydrogen) atoms. The molecule has 3 heterocycles. The van der Waals surface area contributed by atoms with Crippen LogP contribution in [0.3, 0.4) is 0 Å². The fourth-order valence-electron chi connectivity index (χ4n) is 12.5. The van der Waals surface area contributed by atoms with Gasteiger partial charge in [-0.05, 0) is 38.5 Å². The summed E-state index contributed by atoms with van der Waals surface area (Å²) in [5.41, 5.74) is 0. The van der Waals surface area contributed by atoms with Crippen LogP contribution in [0.15, 0.2) is 12.2 Å². The highest BCUT2D eigenvalue weighted by Gasteiger charge is 2.53. The van der Waals surface area contributed by atoms with E-state index in [-0.39, 0.29) is 18.9 Å². The molecule has 3 fully saturated rings. The summed E-state index contributed by atoms with van der Waals surface area (Å²) in [5, 5.41) is 120. The van der Waals surface area contributed by atoms with Gasteiger partial charge in [-0.1, -0.05) is 257 Å². The Morgan fingerprint density at radius 1 is 0.398 bits per heavy atom. The second-order valence-electron chi connectivity index (χ2n) is 26.1. The molecule has 0 spiro atoms. The van der Waals surface area contributed by atoms with Gasteiger partial charge >= 0.3 is 0 Å². The van der Waals surface area contributed by atoms with Gasteiger partial charge in [0.05, 0.1) is 38.6 Å². The number of aliphatic hydroxyl groups is 11. The maximum Gasteiger partial charge on any atom is 0.220 e. The first kappa shape index (κ1) is 80.8. The minimum atomic E-state index is -1.97. The van der Waals surface area contributed by atoms with Crippen LogP contribution in [0.4, 0.5) is 0 Å². The predicted octanol–water partition coefficient (Wildman–Crippen LogP) is 9.67. The van der Waals surface area contributed by atoms with E-state index >= 15 is 0 Å². The normalized spacial score (nSPS) is 28.4. The third kappa shape index (κ3) is 33.6. The Kier molecular flexibility index (Phi) is 47.6. The number of amides is 1. The molecule has 1 amide bonds. The number of rotatable bonds is 56. The lowest BCUT2D eigenvalue weighted by atomic mass is 9.96. The van der Waals surface area contributed by atoms with E-state index in [1.54, 1.807) is 0 Å². The van der Waals surface area contributed by atoms with Gasteiger partial charge in [-0.15, -0.1) is 0 Å². The number of aliphatic hydroxyl groups excluding tert-OH is 11. The van der Waals surface area contributed by atoms with Crippen LogP contribution in [0.25, 0.3) is 0 Å². The second kappa shape index (κ2) is 51.9. The Morgan fingerprint density at radius 2 is 0.716 bits per heavy atom. The van der Waals surface area contributed by atoms with Crippen molar-refractivity contribution in [1.82, 2.24) is 5.32 Å². The van der Waals surface area contributed by atoms with Crippen LogP contribution in [0.1, 0.15) is 290 Å². The highest BCUT2D eigenvalue weighted by atomic mass is 16.8. The second-order valence-corrected chi connectivity index (χ2v) is 26.1. The zero-order chi connectivity index (χ0) is 64.0.